The molecule has 2 aromatic rings. The van der Waals surface area contributed by atoms with Gasteiger partial charge in [0.1, 0.15) is 10.0 Å². The largest absolute Gasteiger partial charge is 0.494 e. The summed E-state index contributed by atoms with van der Waals surface area (Å²) in [5.74, 6) is 0.323. The van der Waals surface area contributed by atoms with Crippen molar-refractivity contribution in [2.75, 3.05) is 13.0 Å². The van der Waals surface area contributed by atoms with Crippen LogP contribution in [0.1, 0.15) is 5.01 Å². The number of aromatic nitrogens is 2. The molecule has 0 aliphatic heterocycles. The molecule has 0 N–H and O–H groups in total. The second-order valence-electron chi connectivity index (χ2n) is 3.29. The van der Waals surface area contributed by atoms with Crippen molar-refractivity contribution >= 4 is 22.9 Å². The van der Waals surface area contributed by atoms with Gasteiger partial charge in [-0.3, -0.25) is 0 Å². The summed E-state index contributed by atoms with van der Waals surface area (Å²) in [6.45, 7) is 0. The Morgan fingerprint density at radius 3 is 2.88 bits per heavy atom. The van der Waals surface area contributed by atoms with Gasteiger partial charge in [-0.1, -0.05) is 11.3 Å². The topological polar surface area (TPSA) is 35.0 Å². The Bertz CT molecular complexity index is 518. The lowest BCUT2D eigenvalue weighted by Gasteiger charge is -2.02. The molecule has 0 unspecified atom stereocenters. The second-order valence-corrected chi connectivity index (χ2v) is 4.73. The lowest BCUT2D eigenvalue weighted by atomic mass is 10.2. The van der Waals surface area contributed by atoms with Gasteiger partial charge in [-0.15, -0.1) is 21.8 Å². The number of methoxy groups -OCH3 is 1. The summed E-state index contributed by atoms with van der Waals surface area (Å²) < 4.78 is 18.4. The lowest BCUT2D eigenvalue weighted by molar-refractivity contribution is 0.386. The number of rotatable bonds is 4. The van der Waals surface area contributed by atoms with Crippen LogP contribution in [0.15, 0.2) is 18.2 Å². The zero-order valence-corrected chi connectivity index (χ0v) is 10.7. The average molecular weight is 273 g/mol. The van der Waals surface area contributed by atoms with Gasteiger partial charge in [0, 0.05) is 17.9 Å². The number of nitrogens with zero attached hydrogens (tertiary/aromatic N) is 2. The average Bonchev–Trinajstić information content (AvgIpc) is 2.78. The third kappa shape index (κ3) is 2.73. The molecule has 2 rings (SSSR count). The van der Waals surface area contributed by atoms with Crippen LogP contribution in [0.3, 0.4) is 0 Å². The summed E-state index contributed by atoms with van der Waals surface area (Å²) in [6.07, 6.45) is 0.678. The van der Waals surface area contributed by atoms with E-state index >= 15 is 0 Å². The smallest absolute Gasteiger partial charge is 0.165 e. The molecule has 0 bridgehead atoms. The summed E-state index contributed by atoms with van der Waals surface area (Å²) in [7, 11) is 1.43. The maximum absolute atomic E-state index is 13.5. The fourth-order valence-corrected chi connectivity index (χ4v) is 2.48. The summed E-state index contributed by atoms with van der Waals surface area (Å²) in [5.41, 5.74) is 0.696. The molecule has 17 heavy (non-hydrogen) atoms. The maximum atomic E-state index is 13.5. The highest BCUT2D eigenvalue weighted by molar-refractivity contribution is 7.14. The van der Waals surface area contributed by atoms with E-state index in [1.165, 1.54) is 24.5 Å². The van der Waals surface area contributed by atoms with Crippen LogP contribution in [0, 0.1) is 5.82 Å². The highest BCUT2D eigenvalue weighted by Gasteiger charge is 2.09. The molecule has 1 aromatic heterocycles. The Balaban J connectivity index is 2.29. The van der Waals surface area contributed by atoms with Crippen molar-refractivity contribution in [1.29, 1.82) is 0 Å². The first-order valence-corrected chi connectivity index (χ1v) is 6.32. The van der Waals surface area contributed by atoms with E-state index in [1.54, 1.807) is 12.1 Å². The number of benzene rings is 1. The molecule has 1 aromatic carbocycles. The van der Waals surface area contributed by atoms with Crippen molar-refractivity contribution in [1.82, 2.24) is 10.2 Å². The van der Waals surface area contributed by atoms with Crippen molar-refractivity contribution in [2.24, 2.45) is 0 Å². The quantitative estimate of drug-likeness (QED) is 0.802. The molecule has 0 amide bonds. The minimum absolute atomic E-state index is 0.222. The van der Waals surface area contributed by atoms with Gasteiger partial charge in [0.15, 0.2) is 11.6 Å². The Hall–Kier alpha value is -1.20. The van der Waals surface area contributed by atoms with Gasteiger partial charge in [-0.05, 0) is 18.2 Å². The van der Waals surface area contributed by atoms with Crippen LogP contribution in [0.2, 0.25) is 0 Å². The molecular weight excluding hydrogens is 263 g/mol. The Labute approximate surface area is 107 Å². The molecule has 0 aliphatic rings. The van der Waals surface area contributed by atoms with Crippen LogP contribution >= 0.6 is 22.9 Å². The minimum atomic E-state index is -0.404. The van der Waals surface area contributed by atoms with Crippen LogP contribution in [0.25, 0.3) is 10.6 Å². The number of aryl methyl sites for hydroxylation is 1. The van der Waals surface area contributed by atoms with E-state index in [0.29, 0.717) is 22.9 Å². The van der Waals surface area contributed by atoms with Crippen LogP contribution in [0.4, 0.5) is 4.39 Å². The Kier molecular flexibility index (Phi) is 3.91. The lowest BCUT2D eigenvalue weighted by Crippen LogP contribution is -1.88. The monoisotopic (exact) mass is 272 g/mol. The molecule has 0 radical (unpaired) electrons. The van der Waals surface area contributed by atoms with E-state index in [4.69, 9.17) is 16.3 Å². The minimum Gasteiger partial charge on any atom is -0.494 e. The number of hydrogen-bond donors (Lipinski definition) is 0. The predicted octanol–water partition coefficient (Wildman–Crippen LogP) is 3.13. The summed E-state index contributed by atoms with van der Waals surface area (Å²) in [4.78, 5) is 0. The first-order valence-electron chi connectivity index (χ1n) is 4.97. The van der Waals surface area contributed by atoms with Crippen molar-refractivity contribution in [2.45, 2.75) is 6.42 Å². The highest BCUT2D eigenvalue weighted by atomic mass is 35.5. The van der Waals surface area contributed by atoms with Gasteiger partial charge < -0.3 is 4.74 Å². The summed E-state index contributed by atoms with van der Waals surface area (Å²) in [5, 5.41) is 9.53. The third-order valence-corrected chi connectivity index (χ3v) is 3.40. The standard InChI is InChI=1S/C11H10ClFN2OS/c1-16-9-3-2-7(6-8(9)13)11-15-14-10(17-11)4-5-12/h2-3,6H,4-5H2,1H3. The number of alkyl halides is 1. The van der Waals surface area contributed by atoms with E-state index in [0.717, 1.165) is 5.01 Å². The van der Waals surface area contributed by atoms with Gasteiger partial charge in [0.2, 0.25) is 0 Å². The first-order chi connectivity index (χ1) is 8.24. The molecule has 1 heterocycles. The Morgan fingerprint density at radius 2 is 2.24 bits per heavy atom. The molecule has 0 fully saturated rings. The normalized spacial score (nSPS) is 10.5. The van der Waals surface area contributed by atoms with E-state index < -0.39 is 5.82 Å². The predicted molar refractivity (Wildman–Crippen MR) is 66.3 cm³/mol. The van der Waals surface area contributed by atoms with Crippen molar-refractivity contribution in [3.8, 4) is 16.3 Å². The van der Waals surface area contributed by atoms with E-state index in [1.807, 2.05) is 0 Å². The van der Waals surface area contributed by atoms with Crippen LogP contribution < -0.4 is 4.74 Å². The molecule has 0 spiro atoms. The van der Waals surface area contributed by atoms with E-state index in [2.05, 4.69) is 10.2 Å². The molecule has 0 atom stereocenters. The number of halogens is 2. The van der Waals surface area contributed by atoms with Crippen molar-refractivity contribution in [3.05, 3.63) is 29.0 Å². The SMILES string of the molecule is COc1ccc(-c2nnc(CCCl)s2)cc1F. The molecule has 90 valence electrons. The molecular formula is C11H10ClFN2OS. The summed E-state index contributed by atoms with van der Waals surface area (Å²) in [6, 6.07) is 4.73. The Morgan fingerprint density at radius 1 is 1.41 bits per heavy atom. The van der Waals surface area contributed by atoms with Crippen LogP contribution in [0.5, 0.6) is 5.75 Å². The van der Waals surface area contributed by atoms with E-state index in [9.17, 15) is 4.39 Å². The van der Waals surface area contributed by atoms with Crippen molar-refractivity contribution < 1.29 is 9.13 Å². The molecule has 6 heteroatoms. The van der Waals surface area contributed by atoms with Gasteiger partial charge >= 0.3 is 0 Å². The van der Waals surface area contributed by atoms with E-state index in [-0.39, 0.29) is 5.75 Å². The maximum Gasteiger partial charge on any atom is 0.165 e. The second kappa shape index (κ2) is 5.42. The summed E-state index contributed by atoms with van der Waals surface area (Å²) >= 11 is 7.04. The van der Waals surface area contributed by atoms with Gasteiger partial charge in [0.05, 0.1) is 7.11 Å². The third-order valence-electron chi connectivity index (χ3n) is 2.17. The zero-order chi connectivity index (χ0) is 12.3. The van der Waals surface area contributed by atoms with Crippen molar-refractivity contribution in [3.63, 3.8) is 0 Å². The fourth-order valence-electron chi connectivity index (χ4n) is 1.35. The fraction of sp³-hybridized carbons (Fsp3) is 0.273. The number of hydrogen-bond acceptors (Lipinski definition) is 4. The molecule has 0 saturated carbocycles. The van der Waals surface area contributed by atoms with Crippen LogP contribution in [-0.4, -0.2) is 23.2 Å². The zero-order valence-electron chi connectivity index (χ0n) is 9.11. The van der Waals surface area contributed by atoms with Gasteiger partial charge in [-0.25, -0.2) is 4.39 Å². The van der Waals surface area contributed by atoms with Crippen LogP contribution in [-0.2, 0) is 6.42 Å². The molecule has 0 aliphatic carbocycles. The van der Waals surface area contributed by atoms with Gasteiger partial charge in [-0.2, -0.15) is 0 Å². The number of ether oxygens (including phenoxy) is 1. The molecule has 0 saturated heterocycles. The highest BCUT2D eigenvalue weighted by Crippen LogP contribution is 2.27. The molecule has 3 nitrogen and oxygen atoms in total. The van der Waals surface area contributed by atoms with Gasteiger partial charge in [0.25, 0.3) is 0 Å². The first kappa shape index (κ1) is 12.3.